The van der Waals surface area contributed by atoms with E-state index in [9.17, 15) is 0 Å². The minimum absolute atomic E-state index is 0.392. The zero-order chi connectivity index (χ0) is 14.5. The van der Waals surface area contributed by atoms with Crippen LogP contribution in [0.4, 0.5) is 5.95 Å². The van der Waals surface area contributed by atoms with Crippen molar-refractivity contribution in [3.8, 4) is 0 Å². The Morgan fingerprint density at radius 3 is 2.76 bits per heavy atom. The Morgan fingerprint density at radius 1 is 1.14 bits per heavy atom. The highest BCUT2D eigenvalue weighted by Gasteiger charge is 2.30. The Morgan fingerprint density at radius 2 is 1.95 bits per heavy atom. The van der Waals surface area contributed by atoms with Crippen molar-refractivity contribution in [2.45, 2.75) is 70.3 Å². The van der Waals surface area contributed by atoms with Gasteiger partial charge < -0.3 is 14.7 Å². The monoisotopic (exact) mass is 292 g/mol. The van der Waals surface area contributed by atoms with E-state index in [2.05, 4.69) is 22.3 Å². The van der Waals surface area contributed by atoms with Gasteiger partial charge in [-0.3, -0.25) is 0 Å². The number of hydrogen-bond acceptors (Lipinski definition) is 5. The Labute approximate surface area is 127 Å². The molecule has 1 aliphatic carbocycles. The standard InChI is InChI=1S/C16H28N4O/c1-2-10-17-14-9-5-3-4-8-13(14)15-18-16(19-21-15)20-11-6-7-12-20/h13-14,17H,2-12H2,1H3. The van der Waals surface area contributed by atoms with Crippen LogP contribution in [0.3, 0.4) is 0 Å². The fourth-order valence-corrected chi connectivity index (χ4v) is 3.60. The molecule has 1 saturated heterocycles. The zero-order valence-electron chi connectivity index (χ0n) is 13.2. The lowest BCUT2D eigenvalue weighted by Crippen LogP contribution is -2.35. The van der Waals surface area contributed by atoms with Crippen molar-refractivity contribution in [3.05, 3.63) is 5.89 Å². The number of rotatable bonds is 5. The summed E-state index contributed by atoms with van der Waals surface area (Å²) in [5, 5.41) is 7.93. The van der Waals surface area contributed by atoms with Gasteiger partial charge in [0.2, 0.25) is 5.89 Å². The molecule has 1 N–H and O–H groups in total. The van der Waals surface area contributed by atoms with Gasteiger partial charge in [0.25, 0.3) is 5.95 Å². The molecule has 1 aliphatic heterocycles. The Balaban J connectivity index is 1.71. The molecule has 0 spiro atoms. The van der Waals surface area contributed by atoms with Gasteiger partial charge in [-0.25, -0.2) is 0 Å². The van der Waals surface area contributed by atoms with Gasteiger partial charge in [-0.15, -0.1) is 0 Å². The number of anilines is 1. The molecule has 5 nitrogen and oxygen atoms in total. The highest BCUT2D eigenvalue weighted by Crippen LogP contribution is 2.32. The molecule has 1 aromatic rings. The van der Waals surface area contributed by atoms with Crippen molar-refractivity contribution in [1.82, 2.24) is 15.5 Å². The maximum Gasteiger partial charge on any atom is 0.266 e. The molecule has 2 fully saturated rings. The number of hydrogen-bond donors (Lipinski definition) is 1. The smallest absolute Gasteiger partial charge is 0.266 e. The lowest BCUT2D eigenvalue weighted by atomic mass is 9.94. The van der Waals surface area contributed by atoms with Crippen molar-refractivity contribution in [3.63, 3.8) is 0 Å². The van der Waals surface area contributed by atoms with Crippen molar-refractivity contribution >= 4 is 5.95 Å². The zero-order valence-corrected chi connectivity index (χ0v) is 13.2. The molecule has 118 valence electrons. The number of aromatic nitrogens is 2. The Bertz CT molecular complexity index is 428. The molecule has 21 heavy (non-hydrogen) atoms. The first kappa shape index (κ1) is 14.8. The van der Waals surface area contributed by atoms with E-state index in [4.69, 9.17) is 9.51 Å². The van der Waals surface area contributed by atoms with Crippen molar-refractivity contribution in [1.29, 1.82) is 0 Å². The molecule has 2 atom stereocenters. The van der Waals surface area contributed by atoms with Crippen molar-refractivity contribution < 1.29 is 4.52 Å². The quantitative estimate of drug-likeness (QED) is 0.845. The second-order valence-electron chi connectivity index (χ2n) is 6.43. The van der Waals surface area contributed by atoms with Gasteiger partial charge in [-0.1, -0.05) is 26.2 Å². The minimum atomic E-state index is 0.392. The fourth-order valence-electron chi connectivity index (χ4n) is 3.60. The first-order valence-corrected chi connectivity index (χ1v) is 8.70. The third kappa shape index (κ3) is 3.57. The normalized spacial score (nSPS) is 27.0. The maximum atomic E-state index is 5.64. The Hall–Kier alpha value is -1.10. The van der Waals surface area contributed by atoms with Crippen LogP contribution in [0.5, 0.6) is 0 Å². The molecule has 2 aliphatic rings. The van der Waals surface area contributed by atoms with Crippen LogP contribution in [0.15, 0.2) is 4.52 Å². The molecular formula is C16H28N4O. The predicted octanol–water partition coefficient (Wildman–Crippen LogP) is 3.09. The SMILES string of the molecule is CCCNC1CCCCCC1c1nc(N2CCCC2)no1. The second-order valence-corrected chi connectivity index (χ2v) is 6.43. The molecular weight excluding hydrogens is 264 g/mol. The summed E-state index contributed by atoms with van der Waals surface area (Å²) in [6.07, 6.45) is 9.97. The fraction of sp³-hybridized carbons (Fsp3) is 0.875. The maximum absolute atomic E-state index is 5.64. The first-order valence-electron chi connectivity index (χ1n) is 8.70. The summed E-state index contributed by atoms with van der Waals surface area (Å²) in [7, 11) is 0. The third-order valence-corrected chi connectivity index (χ3v) is 4.81. The van der Waals surface area contributed by atoms with Gasteiger partial charge in [0.15, 0.2) is 0 Å². The van der Waals surface area contributed by atoms with Crippen LogP contribution in [0.1, 0.15) is 70.1 Å². The summed E-state index contributed by atoms with van der Waals surface area (Å²) >= 11 is 0. The second kappa shape index (κ2) is 7.25. The molecule has 5 heteroatoms. The van der Waals surface area contributed by atoms with E-state index in [0.717, 1.165) is 31.5 Å². The highest BCUT2D eigenvalue weighted by molar-refractivity contribution is 5.29. The average Bonchev–Trinajstić information content (AvgIpc) is 3.13. The first-order chi connectivity index (χ1) is 10.4. The Kier molecular flexibility index (Phi) is 5.12. The molecule has 2 unspecified atom stereocenters. The van der Waals surface area contributed by atoms with Crippen LogP contribution in [-0.4, -0.2) is 35.8 Å². The molecule has 2 heterocycles. The summed E-state index contributed by atoms with van der Waals surface area (Å²) in [6.45, 7) is 5.44. The molecule has 0 bridgehead atoms. The summed E-state index contributed by atoms with van der Waals surface area (Å²) < 4.78 is 5.64. The third-order valence-electron chi connectivity index (χ3n) is 4.81. The van der Waals surface area contributed by atoms with Gasteiger partial charge in [-0.05, 0) is 43.8 Å². The van der Waals surface area contributed by atoms with E-state index in [0.29, 0.717) is 12.0 Å². The highest BCUT2D eigenvalue weighted by atomic mass is 16.5. The molecule has 0 radical (unpaired) electrons. The minimum Gasteiger partial charge on any atom is -0.338 e. The largest absolute Gasteiger partial charge is 0.338 e. The van der Waals surface area contributed by atoms with E-state index in [1.165, 1.54) is 51.4 Å². The van der Waals surface area contributed by atoms with Crippen LogP contribution in [0.25, 0.3) is 0 Å². The van der Waals surface area contributed by atoms with E-state index < -0.39 is 0 Å². The van der Waals surface area contributed by atoms with E-state index in [1.807, 2.05) is 0 Å². The molecule has 1 saturated carbocycles. The van der Waals surface area contributed by atoms with Gasteiger partial charge in [0.05, 0.1) is 5.92 Å². The van der Waals surface area contributed by atoms with Crippen molar-refractivity contribution in [2.75, 3.05) is 24.5 Å². The van der Waals surface area contributed by atoms with Crippen LogP contribution in [0.2, 0.25) is 0 Å². The topological polar surface area (TPSA) is 54.2 Å². The van der Waals surface area contributed by atoms with E-state index >= 15 is 0 Å². The molecule has 0 amide bonds. The van der Waals surface area contributed by atoms with E-state index in [1.54, 1.807) is 0 Å². The summed E-state index contributed by atoms with van der Waals surface area (Å²) in [6, 6.07) is 0.499. The predicted molar refractivity (Wildman–Crippen MR) is 83.7 cm³/mol. The van der Waals surface area contributed by atoms with Gasteiger partial charge in [-0.2, -0.15) is 4.98 Å². The van der Waals surface area contributed by atoms with Crippen LogP contribution in [0, 0.1) is 0 Å². The lowest BCUT2D eigenvalue weighted by Gasteiger charge is -2.23. The molecule has 0 aromatic carbocycles. The van der Waals surface area contributed by atoms with Crippen LogP contribution >= 0.6 is 0 Å². The number of nitrogens with zero attached hydrogens (tertiary/aromatic N) is 3. The average molecular weight is 292 g/mol. The number of nitrogens with one attached hydrogen (secondary N) is 1. The molecule has 3 rings (SSSR count). The van der Waals surface area contributed by atoms with Gasteiger partial charge in [0.1, 0.15) is 0 Å². The van der Waals surface area contributed by atoms with E-state index in [-0.39, 0.29) is 0 Å². The summed E-state index contributed by atoms with van der Waals surface area (Å²) in [5.74, 6) is 2.05. The molecule has 1 aromatic heterocycles. The van der Waals surface area contributed by atoms with Crippen LogP contribution in [-0.2, 0) is 0 Å². The lowest BCUT2D eigenvalue weighted by molar-refractivity contribution is 0.304. The van der Waals surface area contributed by atoms with Gasteiger partial charge in [0, 0.05) is 19.1 Å². The van der Waals surface area contributed by atoms with Crippen LogP contribution < -0.4 is 10.2 Å². The van der Waals surface area contributed by atoms with Crippen molar-refractivity contribution in [2.24, 2.45) is 0 Å². The summed E-state index contributed by atoms with van der Waals surface area (Å²) in [4.78, 5) is 6.97. The van der Waals surface area contributed by atoms with Gasteiger partial charge >= 0.3 is 0 Å². The summed E-state index contributed by atoms with van der Waals surface area (Å²) in [5.41, 5.74) is 0.